The number of phenols is 1. The highest BCUT2D eigenvalue weighted by molar-refractivity contribution is 6.05. The van der Waals surface area contributed by atoms with E-state index >= 15 is 0 Å². The number of benzene rings is 1. The van der Waals surface area contributed by atoms with E-state index in [9.17, 15) is 15.0 Å². The van der Waals surface area contributed by atoms with Crippen LogP contribution in [0.15, 0.2) is 24.4 Å². The molecule has 76 valence electrons. The highest BCUT2D eigenvalue weighted by Crippen LogP contribution is 2.27. The van der Waals surface area contributed by atoms with E-state index in [-0.39, 0.29) is 16.7 Å². The topological polar surface area (TPSA) is 90.7 Å². The summed E-state index contributed by atoms with van der Waals surface area (Å²) >= 11 is 0. The maximum absolute atomic E-state index is 10.9. The molecule has 2 aromatic rings. The molecule has 0 saturated carbocycles. The Morgan fingerprint density at radius 3 is 2.67 bits per heavy atom. The quantitative estimate of drug-likeness (QED) is 0.653. The van der Waals surface area contributed by atoms with Crippen LogP contribution in [0, 0.1) is 0 Å². The molecule has 1 aromatic carbocycles. The number of nitrogens with zero attached hydrogens (tertiary/aromatic N) is 1. The molecule has 0 amide bonds. The van der Waals surface area contributed by atoms with Gasteiger partial charge in [-0.25, -0.2) is 4.79 Å². The Morgan fingerprint density at radius 1 is 1.27 bits per heavy atom. The van der Waals surface area contributed by atoms with Crippen molar-refractivity contribution < 1.29 is 20.1 Å². The molecule has 0 saturated heterocycles. The molecule has 1 heterocycles. The third kappa shape index (κ3) is 1.43. The molecule has 15 heavy (non-hydrogen) atoms. The molecule has 0 aliphatic heterocycles. The van der Waals surface area contributed by atoms with Gasteiger partial charge < -0.3 is 15.3 Å². The van der Waals surface area contributed by atoms with Crippen LogP contribution in [0.1, 0.15) is 10.4 Å². The second-order valence-corrected chi connectivity index (χ2v) is 3.03. The van der Waals surface area contributed by atoms with Crippen LogP contribution < -0.4 is 0 Å². The number of aromatic nitrogens is 1. The van der Waals surface area contributed by atoms with E-state index in [2.05, 4.69) is 4.98 Å². The minimum Gasteiger partial charge on any atom is -0.508 e. The Bertz CT molecular complexity index is 545. The van der Waals surface area contributed by atoms with Gasteiger partial charge in [0.1, 0.15) is 17.1 Å². The molecule has 1 aromatic heterocycles. The number of carbonyl (C=O) groups is 1. The fourth-order valence-corrected chi connectivity index (χ4v) is 1.39. The molecule has 2 rings (SSSR count). The first-order valence-corrected chi connectivity index (χ1v) is 4.13. The molecule has 0 radical (unpaired) electrons. The zero-order valence-corrected chi connectivity index (χ0v) is 7.51. The molecule has 0 fully saturated rings. The lowest BCUT2D eigenvalue weighted by Crippen LogP contribution is -1.99. The lowest BCUT2D eigenvalue weighted by molar-refractivity contribution is 0.0696. The largest absolute Gasteiger partial charge is 0.508 e. The van der Waals surface area contributed by atoms with Gasteiger partial charge in [0.15, 0.2) is 0 Å². The van der Waals surface area contributed by atoms with Crippen LogP contribution >= 0.6 is 0 Å². The summed E-state index contributed by atoms with van der Waals surface area (Å²) < 4.78 is 0. The molecule has 0 bridgehead atoms. The zero-order chi connectivity index (χ0) is 11.0. The van der Waals surface area contributed by atoms with E-state index in [4.69, 9.17) is 5.11 Å². The van der Waals surface area contributed by atoms with Crippen LogP contribution in [0.4, 0.5) is 0 Å². The monoisotopic (exact) mass is 205 g/mol. The van der Waals surface area contributed by atoms with E-state index < -0.39 is 11.7 Å². The summed E-state index contributed by atoms with van der Waals surface area (Å²) in [6.07, 6.45) is 1.07. The highest BCUT2D eigenvalue weighted by Gasteiger charge is 2.15. The predicted molar refractivity (Wildman–Crippen MR) is 52.0 cm³/mol. The molecule has 0 aliphatic rings. The summed E-state index contributed by atoms with van der Waals surface area (Å²) in [6.45, 7) is 0. The van der Waals surface area contributed by atoms with Crippen molar-refractivity contribution in [2.45, 2.75) is 0 Å². The van der Waals surface area contributed by atoms with Gasteiger partial charge in [-0.05, 0) is 18.2 Å². The third-order valence-corrected chi connectivity index (χ3v) is 2.05. The lowest BCUT2D eigenvalue weighted by atomic mass is 10.1. The fourth-order valence-electron chi connectivity index (χ4n) is 1.39. The molecule has 0 unspecified atom stereocenters. The van der Waals surface area contributed by atoms with Crippen LogP contribution in [-0.4, -0.2) is 26.3 Å². The summed E-state index contributed by atoms with van der Waals surface area (Å²) in [6, 6.07) is 4.14. The number of phenolic OH excluding ortho intramolecular Hbond substituents is 1. The Labute approximate surface area is 84.2 Å². The van der Waals surface area contributed by atoms with Gasteiger partial charge in [-0.3, -0.25) is 4.98 Å². The van der Waals surface area contributed by atoms with Gasteiger partial charge in [0.05, 0.1) is 11.7 Å². The van der Waals surface area contributed by atoms with E-state index in [1.54, 1.807) is 0 Å². The summed E-state index contributed by atoms with van der Waals surface area (Å²) in [4.78, 5) is 14.7. The maximum atomic E-state index is 10.9. The number of carboxylic acid groups (broad SMARTS) is 1. The second kappa shape index (κ2) is 3.13. The zero-order valence-electron chi connectivity index (χ0n) is 7.51. The van der Waals surface area contributed by atoms with Gasteiger partial charge in [-0.15, -0.1) is 0 Å². The van der Waals surface area contributed by atoms with E-state index in [1.165, 1.54) is 18.2 Å². The standard InChI is InChI=1S/C10H7NO4/c12-5-1-2-7-6(3-5)9(10(14)15)8(13)4-11-7/h1-4,12-13H,(H,14,15). The van der Waals surface area contributed by atoms with Gasteiger partial charge in [0, 0.05) is 5.39 Å². The normalized spacial score (nSPS) is 10.4. The van der Waals surface area contributed by atoms with E-state index in [0.717, 1.165) is 6.20 Å². The number of hydrogen-bond acceptors (Lipinski definition) is 4. The average molecular weight is 205 g/mol. The van der Waals surface area contributed by atoms with Crippen LogP contribution in [0.3, 0.4) is 0 Å². The van der Waals surface area contributed by atoms with E-state index in [1.807, 2.05) is 0 Å². The summed E-state index contributed by atoms with van der Waals surface area (Å²) in [5, 5.41) is 27.7. The van der Waals surface area contributed by atoms with E-state index in [0.29, 0.717) is 5.52 Å². The highest BCUT2D eigenvalue weighted by atomic mass is 16.4. The fraction of sp³-hybridized carbons (Fsp3) is 0. The summed E-state index contributed by atoms with van der Waals surface area (Å²) in [7, 11) is 0. The number of aromatic carboxylic acids is 1. The van der Waals surface area contributed by atoms with Gasteiger partial charge in [0.2, 0.25) is 0 Å². The van der Waals surface area contributed by atoms with Crippen LogP contribution in [0.5, 0.6) is 11.5 Å². The number of fused-ring (bicyclic) bond motifs is 1. The van der Waals surface area contributed by atoms with Crippen molar-refractivity contribution in [3.05, 3.63) is 30.0 Å². The first-order chi connectivity index (χ1) is 7.09. The van der Waals surface area contributed by atoms with Crippen molar-refractivity contribution in [1.29, 1.82) is 0 Å². The van der Waals surface area contributed by atoms with Crippen LogP contribution in [0.25, 0.3) is 10.9 Å². The number of rotatable bonds is 1. The predicted octanol–water partition coefficient (Wildman–Crippen LogP) is 1.34. The van der Waals surface area contributed by atoms with Crippen molar-refractivity contribution in [1.82, 2.24) is 4.98 Å². The number of aromatic hydroxyl groups is 2. The minimum absolute atomic E-state index is 0.0719. The number of hydrogen-bond donors (Lipinski definition) is 3. The van der Waals surface area contributed by atoms with Crippen molar-refractivity contribution >= 4 is 16.9 Å². The second-order valence-electron chi connectivity index (χ2n) is 3.03. The SMILES string of the molecule is O=C(O)c1c(O)cnc2ccc(O)cc12. The molecular formula is C10H7NO4. The lowest BCUT2D eigenvalue weighted by Gasteiger charge is -2.04. The number of carboxylic acids is 1. The summed E-state index contributed by atoms with van der Waals surface area (Å²) in [5.74, 6) is -1.75. The summed E-state index contributed by atoms with van der Waals surface area (Å²) in [5.41, 5.74) is 0.152. The van der Waals surface area contributed by atoms with Crippen LogP contribution in [0.2, 0.25) is 0 Å². The molecular weight excluding hydrogens is 198 g/mol. The van der Waals surface area contributed by atoms with Gasteiger partial charge in [-0.1, -0.05) is 0 Å². The van der Waals surface area contributed by atoms with Gasteiger partial charge >= 0.3 is 5.97 Å². The minimum atomic E-state index is -1.26. The Balaban J connectivity index is 2.90. The third-order valence-electron chi connectivity index (χ3n) is 2.05. The maximum Gasteiger partial charge on any atom is 0.340 e. The van der Waals surface area contributed by atoms with Gasteiger partial charge in [-0.2, -0.15) is 0 Å². The van der Waals surface area contributed by atoms with Crippen molar-refractivity contribution in [3.63, 3.8) is 0 Å². The number of pyridine rings is 1. The van der Waals surface area contributed by atoms with Crippen molar-refractivity contribution in [2.24, 2.45) is 0 Å². The molecule has 5 nitrogen and oxygen atoms in total. The average Bonchev–Trinajstić information content (AvgIpc) is 2.16. The molecule has 3 N–H and O–H groups in total. The Kier molecular flexibility index (Phi) is 1.93. The van der Waals surface area contributed by atoms with Gasteiger partial charge in [0.25, 0.3) is 0 Å². The van der Waals surface area contributed by atoms with Crippen LogP contribution in [-0.2, 0) is 0 Å². The molecule has 0 spiro atoms. The molecule has 0 atom stereocenters. The first kappa shape index (κ1) is 9.26. The smallest absolute Gasteiger partial charge is 0.340 e. The van der Waals surface area contributed by atoms with Crippen molar-refractivity contribution in [3.8, 4) is 11.5 Å². The molecule has 0 aliphatic carbocycles. The van der Waals surface area contributed by atoms with Crippen molar-refractivity contribution in [2.75, 3.05) is 0 Å². The Hall–Kier alpha value is -2.30. The molecule has 5 heteroatoms. The Morgan fingerprint density at radius 2 is 2.00 bits per heavy atom. The first-order valence-electron chi connectivity index (χ1n) is 4.13.